The number of benzene rings is 2. The van der Waals surface area contributed by atoms with Crippen LogP contribution in [-0.4, -0.2) is 11.0 Å². The molecule has 4 nitrogen and oxygen atoms in total. The molecule has 0 saturated carbocycles. The van der Waals surface area contributed by atoms with E-state index in [9.17, 15) is 14.3 Å². The van der Waals surface area contributed by atoms with Gasteiger partial charge in [0, 0.05) is 5.69 Å². The molecule has 0 aliphatic carbocycles. The van der Waals surface area contributed by atoms with Crippen molar-refractivity contribution in [3.05, 3.63) is 52.8 Å². The summed E-state index contributed by atoms with van der Waals surface area (Å²) in [6.45, 7) is 3.56. The number of hydrogen-bond acceptors (Lipinski definition) is 3. The van der Waals surface area contributed by atoms with Crippen LogP contribution in [0.2, 0.25) is 0 Å². The molecule has 0 aliphatic heterocycles. The summed E-state index contributed by atoms with van der Waals surface area (Å²) < 4.78 is 13.7. The minimum atomic E-state index is -0.702. The van der Waals surface area contributed by atoms with E-state index in [-0.39, 0.29) is 22.7 Å². The number of phenols is 1. The van der Waals surface area contributed by atoms with Crippen LogP contribution in [0.4, 0.5) is 15.8 Å². The smallest absolute Gasteiger partial charge is 0.258 e. The zero-order chi connectivity index (χ0) is 14.9. The van der Waals surface area contributed by atoms with Crippen LogP contribution in [-0.2, 0) is 0 Å². The molecule has 0 atom stereocenters. The quantitative estimate of drug-likeness (QED) is 0.582. The number of hydrogen-bond donors (Lipinski definition) is 3. The van der Waals surface area contributed by atoms with Crippen LogP contribution in [0.15, 0.2) is 30.3 Å². The molecule has 2 aromatic carbocycles. The maximum Gasteiger partial charge on any atom is 0.258 e. The molecular weight excluding hydrogens is 259 g/mol. The highest BCUT2D eigenvalue weighted by Gasteiger charge is 2.14. The Labute approximate surface area is 116 Å². The lowest BCUT2D eigenvalue weighted by molar-refractivity contribution is 0.102. The van der Waals surface area contributed by atoms with Crippen molar-refractivity contribution in [2.24, 2.45) is 0 Å². The summed E-state index contributed by atoms with van der Waals surface area (Å²) in [5, 5.41) is 12.4. The van der Waals surface area contributed by atoms with E-state index in [0.717, 1.165) is 11.6 Å². The molecule has 5 heteroatoms. The Morgan fingerprint density at radius 3 is 2.60 bits per heavy atom. The number of nitrogen functional groups attached to an aromatic ring is 1. The lowest BCUT2D eigenvalue weighted by atomic mass is 10.1. The number of carbonyl (C=O) groups excluding carboxylic acids is 1. The van der Waals surface area contributed by atoms with Crippen molar-refractivity contribution in [3.63, 3.8) is 0 Å². The monoisotopic (exact) mass is 274 g/mol. The van der Waals surface area contributed by atoms with E-state index in [2.05, 4.69) is 5.32 Å². The summed E-state index contributed by atoms with van der Waals surface area (Å²) in [5.41, 5.74) is 7.32. The van der Waals surface area contributed by atoms with Crippen molar-refractivity contribution >= 4 is 17.3 Å². The highest BCUT2D eigenvalue weighted by atomic mass is 19.1. The first-order chi connectivity index (χ1) is 9.38. The fourth-order valence-corrected chi connectivity index (χ4v) is 1.96. The molecule has 0 bridgehead atoms. The topological polar surface area (TPSA) is 75.3 Å². The van der Waals surface area contributed by atoms with Gasteiger partial charge in [-0.25, -0.2) is 4.39 Å². The van der Waals surface area contributed by atoms with E-state index < -0.39 is 11.7 Å². The molecule has 0 fully saturated rings. The number of nitrogens with two attached hydrogens (primary N) is 1. The number of halogens is 1. The third kappa shape index (κ3) is 2.71. The van der Waals surface area contributed by atoms with Crippen molar-refractivity contribution in [3.8, 4) is 5.75 Å². The van der Waals surface area contributed by atoms with Crippen LogP contribution in [0.25, 0.3) is 0 Å². The van der Waals surface area contributed by atoms with Gasteiger partial charge in [0.25, 0.3) is 5.91 Å². The van der Waals surface area contributed by atoms with Gasteiger partial charge in [-0.1, -0.05) is 6.07 Å². The second kappa shape index (κ2) is 5.21. The van der Waals surface area contributed by atoms with Crippen LogP contribution >= 0.6 is 0 Å². The largest absolute Gasteiger partial charge is 0.505 e. The van der Waals surface area contributed by atoms with Gasteiger partial charge in [0.05, 0.1) is 11.3 Å². The van der Waals surface area contributed by atoms with Gasteiger partial charge in [-0.15, -0.1) is 0 Å². The summed E-state index contributed by atoms with van der Waals surface area (Å²) >= 11 is 0. The Morgan fingerprint density at radius 2 is 1.95 bits per heavy atom. The standard InChI is InChI=1S/C15H15FN2O2/c1-8-5-9(2)14(19)13(6-8)18-15(20)11-4-3-10(17)7-12(11)16/h3-7,19H,17H2,1-2H3,(H,18,20). The molecule has 0 heterocycles. The number of amides is 1. The number of anilines is 2. The average molecular weight is 274 g/mol. The van der Waals surface area contributed by atoms with E-state index in [4.69, 9.17) is 5.73 Å². The SMILES string of the molecule is Cc1cc(C)c(O)c(NC(=O)c2ccc(N)cc2F)c1. The zero-order valence-corrected chi connectivity index (χ0v) is 11.2. The van der Waals surface area contributed by atoms with Gasteiger partial charge in [0.2, 0.25) is 0 Å². The zero-order valence-electron chi connectivity index (χ0n) is 11.2. The second-order valence-corrected chi connectivity index (χ2v) is 4.67. The molecule has 20 heavy (non-hydrogen) atoms. The summed E-state index contributed by atoms with van der Waals surface area (Å²) in [5.74, 6) is -1.37. The lowest BCUT2D eigenvalue weighted by Crippen LogP contribution is -2.14. The minimum absolute atomic E-state index is 0.0280. The van der Waals surface area contributed by atoms with Crippen LogP contribution < -0.4 is 11.1 Å². The minimum Gasteiger partial charge on any atom is -0.505 e. The van der Waals surface area contributed by atoms with Gasteiger partial charge < -0.3 is 16.2 Å². The van der Waals surface area contributed by atoms with Crippen LogP contribution in [0.5, 0.6) is 5.75 Å². The Kier molecular flexibility index (Phi) is 3.61. The third-order valence-electron chi connectivity index (χ3n) is 2.93. The highest BCUT2D eigenvalue weighted by molar-refractivity contribution is 6.05. The van der Waals surface area contributed by atoms with Crippen LogP contribution in [0.1, 0.15) is 21.5 Å². The van der Waals surface area contributed by atoms with E-state index in [1.165, 1.54) is 12.1 Å². The van der Waals surface area contributed by atoms with Crippen LogP contribution in [0.3, 0.4) is 0 Å². The average Bonchev–Trinajstić information content (AvgIpc) is 2.35. The number of aryl methyl sites for hydroxylation is 2. The first kappa shape index (κ1) is 13.9. The first-order valence-electron chi connectivity index (χ1n) is 6.05. The van der Waals surface area contributed by atoms with Gasteiger partial charge in [0.15, 0.2) is 0 Å². The molecule has 104 valence electrons. The Bertz CT molecular complexity index is 684. The van der Waals surface area contributed by atoms with Gasteiger partial charge in [-0.05, 0) is 49.2 Å². The number of phenolic OH excluding ortho intramolecular Hbond substituents is 1. The van der Waals surface area contributed by atoms with Crippen molar-refractivity contribution in [1.29, 1.82) is 0 Å². The normalized spacial score (nSPS) is 10.3. The summed E-state index contributed by atoms with van der Waals surface area (Å²) in [7, 11) is 0. The summed E-state index contributed by atoms with van der Waals surface area (Å²) in [6.07, 6.45) is 0. The number of nitrogens with one attached hydrogen (secondary N) is 1. The Balaban J connectivity index is 2.32. The molecule has 1 amide bonds. The summed E-state index contributed by atoms with van der Waals surface area (Å²) in [6, 6.07) is 7.24. The molecule has 0 spiro atoms. The molecule has 0 aliphatic rings. The van der Waals surface area contributed by atoms with Crippen molar-refractivity contribution in [2.75, 3.05) is 11.1 Å². The maximum absolute atomic E-state index is 13.7. The molecule has 0 unspecified atom stereocenters. The van der Waals surface area contributed by atoms with Crippen molar-refractivity contribution in [1.82, 2.24) is 0 Å². The maximum atomic E-state index is 13.7. The second-order valence-electron chi connectivity index (χ2n) is 4.67. The van der Waals surface area contributed by atoms with Crippen LogP contribution in [0, 0.1) is 19.7 Å². The van der Waals surface area contributed by atoms with E-state index in [1.807, 2.05) is 6.92 Å². The first-order valence-corrected chi connectivity index (χ1v) is 6.05. The lowest BCUT2D eigenvalue weighted by Gasteiger charge is -2.11. The molecular formula is C15H15FN2O2. The molecule has 4 N–H and O–H groups in total. The highest BCUT2D eigenvalue weighted by Crippen LogP contribution is 2.29. The number of rotatable bonds is 2. The molecule has 0 radical (unpaired) electrons. The number of aromatic hydroxyl groups is 1. The van der Waals surface area contributed by atoms with Gasteiger partial charge in [-0.2, -0.15) is 0 Å². The van der Waals surface area contributed by atoms with E-state index >= 15 is 0 Å². The van der Waals surface area contributed by atoms with E-state index in [1.54, 1.807) is 19.1 Å². The van der Waals surface area contributed by atoms with E-state index in [0.29, 0.717) is 5.56 Å². The molecule has 2 rings (SSSR count). The summed E-state index contributed by atoms with van der Waals surface area (Å²) in [4.78, 5) is 12.0. The number of carbonyl (C=O) groups is 1. The fraction of sp³-hybridized carbons (Fsp3) is 0.133. The third-order valence-corrected chi connectivity index (χ3v) is 2.93. The Morgan fingerprint density at radius 1 is 1.25 bits per heavy atom. The predicted octanol–water partition coefficient (Wildman–Crippen LogP) is 2.98. The predicted molar refractivity (Wildman–Crippen MR) is 76.3 cm³/mol. The molecule has 0 aromatic heterocycles. The van der Waals surface area contributed by atoms with Gasteiger partial charge in [-0.3, -0.25) is 4.79 Å². The van der Waals surface area contributed by atoms with Gasteiger partial charge >= 0.3 is 0 Å². The molecule has 0 saturated heterocycles. The van der Waals surface area contributed by atoms with Gasteiger partial charge in [0.1, 0.15) is 11.6 Å². The molecule has 2 aromatic rings. The van der Waals surface area contributed by atoms with Crippen molar-refractivity contribution < 1.29 is 14.3 Å². The fourth-order valence-electron chi connectivity index (χ4n) is 1.96. The Hall–Kier alpha value is -2.56. The van der Waals surface area contributed by atoms with Crippen molar-refractivity contribution in [2.45, 2.75) is 13.8 Å².